The maximum Gasteiger partial charge on any atom is 0.488 e. The lowest BCUT2D eigenvalue weighted by Crippen LogP contribution is -2.60. The summed E-state index contributed by atoms with van der Waals surface area (Å²) in [7, 11) is 0.921. The Labute approximate surface area is 245 Å². The van der Waals surface area contributed by atoms with Crippen molar-refractivity contribution in [3.63, 3.8) is 0 Å². The molecule has 0 bridgehead atoms. The van der Waals surface area contributed by atoms with Crippen molar-refractivity contribution < 1.29 is 39.1 Å². The number of hydrogen-bond donors (Lipinski definition) is 3. The lowest BCUT2D eigenvalue weighted by Gasteiger charge is -2.50. The number of benzene rings is 2. The number of aromatic hydroxyl groups is 1. The van der Waals surface area contributed by atoms with Gasteiger partial charge in [-0.05, 0) is 42.4 Å². The molecule has 2 aliphatic carbocycles. The minimum absolute atomic E-state index is 0.106. The number of allylic oxidation sites excluding steroid dienone is 2. The Bertz CT molecular complexity index is 1570. The fourth-order valence-electron chi connectivity index (χ4n) is 7.06. The molecule has 3 fully saturated rings. The SMILES string of the molecule is COc1ccc([C@H]2C3=CC[C@@H]4C(=O)N(c5cccc(B(O)O)c5)C(=O)[C@@H]4[C@@H]3C[C@@]3(Cl)C(=O)N(C)C(=O)[C@@]23Cl)c(O)c1. The first-order chi connectivity index (χ1) is 19.4. The molecular formula is C28H25BCl2N2O8. The van der Waals surface area contributed by atoms with E-state index in [-0.39, 0.29) is 35.3 Å². The molecule has 13 heteroatoms. The number of rotatable bonds is 4. The van der Waals surface area contributed by atoms with Gasteiger partial charge in [0.1, 0.15) is 11.5 Å². The van der Waals surface area contributed by atoms with E-state index in [9.17, 15) is 34.3 Å². The molecule has 0 unspecified atom stereocenters. The maximum absolute atomic E-state index is 14.0. The average Bonchev–Trinajstić information content (AvgIpc) is 3.28. The highest BCUT2D eigenvalue weighted by molar-refractivity contribution is 6.58. The van der Waals surface area contributed by atoms with Crippen LogP contribution in [0, 0.1) is 17.8 Å². The standard InChI is InChI=1S/C28H25BCl2N2O8/c1-32-25(37)27(30)12-19-16(22(28(27,31)26(32)38)17-7-6-15(41-2)11-20(17)34)8-9-18-21(19)24(36)33(23(18)35)14-5-3-4-13(10-14)29(39)40/h3-8,10-11,18-19,21-22,34,39-40H,9,12H2,1-2H3/t18-,19+,21-,22+,27+,28-/m0/s1. The number of likely N-dealkylation sites (tertiary alicyclic amines) is 1. The molecule has 2 aromatic rings. The number of alkyl halides is 2. The molecule has 212 valence electrons. The van der Waals surface area contributed by atoms with Gasteiger partial charge < -0.3 is 19.9 Å². The first-order valence-electron chi connectivity index (χ1n) is 13.0. The van der Waals surface area contributed by atoms with Gasteiger partial charge in [-0.2, -0.15) is 0 Å². The molecule has 3 N–H and O–H groups in total. The van der Waals surface area contributed by atoms with E-state index in [1.807, 2.05) is 0 Å². The number of amides is 4. The number of fused-ring (bicyclic) bond motifs is 4. The van der Waals surface area contributed by atoms with Gasteiger partial charge in [0.2, 0.25) is 11.8 Å². The van der Waals surface area contributed by atoms with Crippen LogP contribution < -0.4 is 15.1 Å². The second-order valence-corrected chi connectivity index (χ2v) is 12.1. The van der Waals surface area contributed by atoms with Gasteiger partial charge in [0.15, 0.2) is 9.75 Å². The summed E-state index contributed by atoms with van der Waals surface area (Å²) < 4.78 is 5.21. The summed E-state index contributed by atoms with van der Waals surface area (Å²) in [6.07, 6.45) is 1.72. The van der Waals surface area contributed by atoms with Crippen LogP contribution in [0.5, 0.6) is 11.5 Å². The van der Waals surface area contributed by atoms with Crippen LogP contribution in [0.15, 0.2) is 54.1 Å². The van der Waals surface area contributed by atoms with Crippen LogP contribution in [0.2, 0.25) is 0 Å². The second kappa shape index (κ2) is 9.32. The monoisotopic (exact) mass is 598 g/mol. The minimum Gasteiger partial charge on any atom is -0.508 e. The number of carbonyl (C=O) groups excluding carboxylic acids is 4. The molecular weight excluding hydrogens is 574 g/mol. The molecule has 4 aliphatic rings. The quantitative estimate of drug-likeness (QED) is 0.207. The first-order valence-corrected chi connectivity index (χ1v) is 13.7. The largest absolute Gasteiger partial charge is 0.508 e. The molecule has 10 nitrogen and oxygen atoms in total. The number of imide groups is 2. The van der Waals surface area contributed by atoms with Crippen molar-refractivity contribution in [2.45, 2.75) is 28.5 Å². The van der Waals surface area contributed by atoms with Crippen LogP contribution in [-0.2, 0) is 19.2 Å². The van der Waals surface area contributed by atoms with Crippen molar-refractivity contribution in [3.8, 4) is 11.5 Å². The molecule has 2 aromatic carbocycles. The number of phenolic OH excluding ortho intramolecular Hbond substituents is 1. The van der Waals surface area contributed by atoms with Gasteiger partial charge in [0.05, 0.1) is 24.6 Å². The third-order valence-corrected chi connectivity index (χ3v) is 10.4. The molecule has 0 spiro atoms. The highest BCUT2D eigenvalue weighted by atomic mass is 35.5. The summed E-state index contributed by atoms with van der Waals surface area (Å²) in [4.78, 5) is 52.7. The van der Waals surface area contributed by atoms with Gasteiger partial charge in [-0.15, -0.1) is 23.2 Å². The van der Waals surface area contributed by atoms with E-state index in [0.29, 0.717) is 11.3 Å². The van der Waals surface area contributed by atoms with Crippen LogP contribution in [0.4, 0.5) is 5.69 Å². The van der Waals surface area contributed by atoms with E-state index >= 15 is 0 Å². The topological polar surface area (TPSA) is 145 Å². The molecule has 0 aromatic heterocycles. The lowest BCUT2D eigenvalue weighted by atomic mass is 9.56. The molecule has 6 atom stereocenters. The van der Waals surface area contributed by atoms with E-state index < -0.39 is 64.2 Å². The molecule has 2 saturated heterocycles. The minimum atomic E-state index is -2.02. The van der Waals surface area contributed by atoms with Crippen molar-refractivity contribution >= 4 is 65.1 Å². The zero-order chi connectivity index (χ0) is 29.6. The zero-order valence-corrected chi connectivity index (χ0v) is 23.5. The van der Waals surface area contributed by atoms with Crippen molar-refractivity contribution in [1.82, 2.24) is 4.90 Å². The molecule has 6 rings (SSSR count). The number of anilines is 1. The Kier molecular flexibility index (Phi) is 6.31. The van der Waals surface area contributed by atoms with Crippen LogP contribution >= 0.6 is 23.2 Å². The third-order valence-electron chi connectivity index (χ3n) is 8.99. The summed E-state index contributed by atoms with van der Waals surface area (Å²) in [6.45, 7) is 0. The number of hydrogen-bond acceptors (Lipinski definition) is 8. The third kappa shape index (κ3) is 3.59. The van der Waals surface area contributed by atoms with Gasteiger partial charge >= 0.3 is 7.12 Å². The van der Waals surface area contributed by atoms with E-state index in [2.05, 4.69) is 0 Å². The molecule has 41 heavy (non-hydrogen) atoms. The van der Waals surface area contributed by atoms with E-state index in [0.717, 1.165) is 9.80 Å². The first kappa shape index (κ1) is 27.8. The van der Waals surface area contributed by atoms with Crippen LogP contribution in [-0.4, -0.2) is 74.7 Å². The number of nitrogens with zero attached hydrogens (tertiary/aromatic N) is 2. The van der Waals surface area contributed by atoms with Crippen molar-refractivity contribution in [3.05, 3.63) is 59.7 Å². The summed E-state index contributed by atoms with van der Waals surface area (Å²) in [5.74, 6) is -5.92. The highest BCUT2D eigenvalue weighted by Gasteiger charge is 2.76. The number of methoxy groups -OCH3 is 1. The number of carbonyl (C=O) groups is 4. The summed E-state index contributed by atoms with van der Waals surface area (Å²) in [5, 5.41) is 30.3. The molecule has 1 saturated carbocycles. The van der Waals surface area contributed by atoms with Crippen molar-refractivity contribution in [1.29, 1.82) is 0 Å². The van der Waals surface area contributed by atoms with Crippen LogP contribution in [0.25, 0.3) is 0 Å². The van der Waals surface area contributed by atoms with E-state index in [1.54, 1.807) is 18.2 Å². The van der Waals surface area contributed by atoms with E-state index in [4.69, 9.17) is 27.9 Å². The average molecular weight is 599 g/mol. The van der Waals surface area contributed by atoms with Gasteiger partial charge in [-0.3, -0.25) is 29.0 Å². The normalized spacial score (nSPS) is 32.5. The molecule has 2 aliphatic heterocycles. The molecule has 2 heterocycles. The summed E-state index contributed by atoms with van der Waals surface area (Å²) in [5.41, 5.74) is 1.06. The number of phenols is 1. The number of ether oxygens (including phenoxy) is 1. The molecule has 4 amide bonds. The van der Waals surface area contributed by atoms with Gasteiger partial charge in [0.25, 0.3) is 11.8 Å². The summed E-state index contributed by atoms with van der Waals surface area (Å²) in [6, 6.07) is 10.3. The van der Waals surface area contributed by atoms with Gasteiger partial charge in [0, 0.05) is 24.6 Å². The van der Waals surface area contributed by atoms with Crippen molar-refractivity contribution in [2.75, 3.05) is 19.1 Å². The molecule has 0 radical (unpaired) electrons. The van der Waals surface area contributed by atoms with Crippen molar-refractivity contribution in [2.24, 2.45) is 17.8 Å². The van der Waals surface area contributed by atoms with Crippen LogP contribution in [0.3, 0.4) is 0 Å². The Morgan fingerprint density at radius 2 is 1.73 bits per heavy atom. The maximum atomic E-state index is 14.0. The zero-order valence-electron chi connectivity index (χ0n) is 22.0. The van der Waals surface area contributed by atoms with E-state index in [1.165, 1.54) is 44.5 Å². The number of halogens is 2. The smallest absolute Gasteiger partial charge is 0.488 e. The van der Waals surface area contributed by atoms with Crippen LogP contribution in [0.1, 0.15) is 24.3 Å². The Balaban J connectivity index is 1.50. The second-order valence-electron chi connectivity index (χ2n) is 10.9. The Hall–Kier alpha value is -3.38. The Morgan fingerprint density at radius 3 is 2.39 bits per heavy atom. The lowest BCUT2D eigenvalue weighted by molar-refractivity contribution is -0.138. The fraction of sp³-hybridized carbons (Fsp3) is 0.357. The van der Waals surface area contributed by atoms with Gasteiger partial charge in [-0.25, -0.2) is 0 Å². The van der Waals surface area contributed by atoms with Gasteiger partial charge in [-0.1, -0.05) is 29.8 Å². The fourth-order valence-corrected chi connectivity index (χ4v) is 8.07. The predicted octanol–water partition coefficient (Wildman–Crippen LogP) is 1.27. The predicted molar refractivity (Wildman–Crippen MR) is 149 cm³/mol. The Morgan fingerprint density at radius 1 is 1.00 bits per heavy atom. The summed E-state index contributed by atoms with van der Waals surface area (Å²) >= 11 is 14.2. The highest BCUT2D eigenvalue weighted by Crippen LogP contribution is 2.66.